The predicted octanol–water partition coefficient (Wildman–Crippen LogP) is 0.512. The summed E-state index contributed by atoms with van der Waals surface area (Å²) in [5.74, 6) is 0.202. The van der Waals surface area contributed by atoms with Crippen molar-refractivity contribution in [3.05, 3.63) is 30.3 Å². The fraction of sp³-hybridized carbons (Fsp3) is 0.364. The minimum absolute atomic E-state index is 0.202. The summed E-state index contributed by atoms with van der Waals surface area (Å²) in [4.78, 5) is 4.17. The molecule has 0 unspecified atom stereocenters. The molecule has 5 heteroatoms. The van der Waals surface area contributed by atoms with E-state index in [4.69, 9.17) is 10.9 Å². The molecule has 1 aromatic carbocycles. The van der Waals surface area contributed by atoms with Crippen molar-refractivity contribution in [2.24, 2.45) is 10.9 Å². The minimum Gasteiger partial charge on any atom is -0.408 e. The van der Waals surface area contributed by atoms with Crippen LogP contribution in [-0.4, -0.2) is 42.2 Å². The van der Waals surface area contributed by atoms with Crippen molar-refractivity contribution in [3.8, 4) is 0 Å². The van der Waals surface area contributed by atoms with Gasteiger partial charge in [0.05, 0.1) is 0 Å². The van der Waals surface area contributed by atoms with Gasteiger partial charge in [-0.15, -0.1) is 0 Å². The molecule has 1 saturated heterocycles. The smallest absolute Gasteiger partial charge is 0.233 e. The molecule has 2 rings (SSSR count). The van der Waals surface area contributed by atoms with Gasteiger partial charge in [-0.25, -0.2) is 0 Å². The number of benzene rings is 1. The van der Waals surface area contributed by atoms with Gasteiger partial charge in [-0.3, -0.25) is 0 Å². The van der Waals surface area contributed by atoms with Crippen molar-refractivity contribution in [1.82, 2.24) is 4.90 Å². The number of rotatable bonds is 1. The number of guanidine groups is 1. The average Bonchev–Trinajstić information content (AvgIpc) is 2.39. The number of anilines is 1. The van der Waals surface area contributed by atoms with E-state index in [-0.39, 0.29) is 5.96 Å². The van der Waals surface area contributed by atoms with Gasteiger partial charge in [-0.2, -0.15) is 0 Å². The third-order valence-corrected chi connectivity index (χ3v) is 2.83. The van der Waals surface area contributed by atoms with Gasteiger partial charge in [0.25, 0.3) is 0 Å². The van der Waals surface area contributed by atoms with E-state index in [1.807, 2.05) is 23.1 Å². The van der Waals surface area contributed by atoms with Gasteiger partial charge in [-0.1, -0.05) is 23.4 Å². The van der Waals surface area contributed by atoms with Crippen molar-refractivity contribution in [2.75, 3.05) is 31.1 Å². The van der Waals surface area contributed by atoms with Gasteiger partial charge >= 0.3 is 0 Å². The molecule has 5 nitrogen and oxygen atoms in total. The quantitative estimate of drug-likeness (QED) is 0.313. The normalized spacial score (nSPS) is 17.6. The fourth-order valence-corrected chi connectivity index (χ4v) is 1.90. The maximum atomic E-state index is 8.58. The summed E-state index contributed by atoms with van der Waals surface area (Å²) in [5, 5.41) is 11.6. The highest BCUT2D eigenvalue weighted by molar-refractivity contribution is 5.77. The molecule has 1 aliphatic heterocycles. The molecule has 1 fully saturated rings. The zero-order chi connectivity index (χ0) is 11.4. The average molecular weight is 220 g/mol. The molecule has 0 amide bonds. The third kappa shape index (κ3) is 2.18. The third-order valence-electron chi connectivity index (χ3n) is 2.83. The number of hydrogen-bond donors (Lipinski definition) is 2. The zero-order valence-electron chi connectivity index (χ0n) is 9.08. The van der Waals surface area contributed by atoms with Crippen molar-refractivity contribution in [3.63, 3.8) is 0 Å². The van der Waals surface area contributed by atoms with Gasteiger partial charge in [0.1, 0.15) is 0 Å². The topological polar surface area (TPSA) is 65.1 Å². The van der Waals surface area contributed by atoms with E-state index in [9.17, 15) is 0 Å². The van der Waals surface area contributed by atoms with Crippen LogP contribution in [0.2, 0.25) is 0 Å². The minimum atomic E-state index is 0.202. The number of piperazine rings is 1. The van der Waals surface area contributed by atoms with Crippen LogP contribution in [0.15, 0.2) is 35.5 Å². The first-order valence-corrected chi connectivity index (χ1v) is 5.34. The number of nitrogens with two attached hydrogens (primary N) is 1. The summed E-state index contributed by atoms with van der Waals surface area (Å²) in [7, 11) is 0. The monoisotopic (exact) mass is 220 g/mol. The van der Waals surface area contributed by atoms with Crippen LogP contribution in [-0.2, 0) is 0 Å². The summed E-state index contributed by atoms with van der Waals surface area (Å²) in [6, 6.07) is 10.3. The molecule has 1 aliphatic rings. The summed E-state index contributed by atoms with van der Waals surface area (Å²) in [6.07, 6.45) is 0. The van der Waals surface area contributed by atoms with E-state index in [2.05, 4.69) is 22.2 Å². The number of oxime groups is 1. The zero-order valence-corrected chi connectivity index (χ0v) is 9.08. The molecular formula is C11H16N4O. The summed E-state index contributed by atoms with van der Waals surface area (Å²) < 4.78 is 0. The van der Waals surface area contributed by atoms with Crippen LogP contribution in [0.4, 0.5) is 5.69 Å². The van der Waals surface area contributed by atoms with E-state index in [1.165, 1.54) is 5.69 Å². The van der Waals surface area contributed by atoms with Crippen molar-refractivity contribution >= 4 is 11.6 Å². The molecular weight excluding hydrogens is 204 g/mol. The Morgan fingerprint density at radius 3 is 2.31 bits per heavy atom. The maximum absolute atomic E-state index is 8.58. The second kappa shape index (κ2) is 4.74. The van der Waals surface area contributed by atoms with Crippen LogP contribution in [0.5, 0.6) is 0 Å². The van der Waals surface area contributed by atoms with Crippen LogP contribution in [0.25, 0.3) is 0 Å². The molecule has 1 aromatic rings. The Kier molecular flexibility index (Phi) is 3.14. The molecule has 16 heavy (non-hydrogen) atoms. The SMILES string of the molecule is N/C(=N/O)N1CCN(c2ccccc2)CC1. The van der Waals surface area contributed by atoms with E-state index in [0.717, 1.165) is 26.2 Å². The molecule has 3 N–H and O–H groups in total. The molecule has 0 aliphatic carbocycles. The van der Waals surface area contributed by atoms with Crippen molar-refractivity contribution in [2.45, 2.75) is 0 Å². The summed E-state index contributed by atoms with van der Waals surface area (Å²) >= 11 is 0. The first-order valence-electron chi connectivity index (χ1n) is 5.34. The Balaban J connectivity index is 1.96. The number of hydrogen-bond acceptors (Lipinski definition) is 3. The molecule has 86 valence electrons. The van der Waals surface area contributed by atoms with Crippen LogP contribution < -0.4 is 10.6 Å². The second-order valence-electron chi connectivity index (χ2n) is 3.77. The van der Waals surface area contributed by atoms with E-state index < -0.39 is 0 Å². The summed E-state index contributed by atoms with van der Waals surface area (Å²) in [6.45, 7) is 3.34. The molecule has 0 aromatic heterocycles. The predicted molar refractivity (Wildman–Crippen MR) is 63.6 cm³/mol. The van der Waals surface area contributed by atoms with Crippen LogP contribution in [0, 0.1) is 0 Å². The van der Waals surface area contributed by atoms with Crippen LogP contribution in [0.3, 0.4) is 0 Å². The lowest BCUT2D eigenvalue weighted by Gasteiger charge is -2.36. The standard InChI is InChI=1S/C11H16N4O/c12-11(13-16)15-8-6-14(7-9-15)10-4-2-1-3-5-10/h1-5,16H,6-9H2,(H2,12,13). The first-order chi connectivity index (χ1) is 7.81. The Morgan fingerprint density at radius 1 is 1.12 bits per heavy atom. The maximum Gasteiger partial charge on any atom is 0.233 e. The lowest BCUT2D eigenvalue weighted by Crippen LogP contribution is -2.51. The summed E-state index contributed by atoms with van der Waals surface area (Å²) in [5.41, 5.74) is 6.76. The van der Waals surface area contributed by atoms with E-state index in [1.54, 1.807) is 0 Å². The number of nitrogens with zero attached hydrogens (tertiary/aromatic N) is 3. The Morgan fingerprint density at radius 2 is 1.75 bits per heavy atom. The molecule has 0 atom stereocenters. The van der Waals surface area contributed by atoms with Crippen molar-refractivity contribution in [1.29, 1.82) is 0 Å². The molecule has 1 heterocycles. The van der Waals surface area contributed by atoms with E-state index >= 15 is 0 Å². The lowest BCUT2D eigenvalue weighted by atomic mass is 10.2. The van der Waals surface area contributed by atoms with Gasteiger partial charge in [0, 0.05) is 31.9 Å². The molecule has 0 bridgehead atoms. The Bertz CT molecular complexity index is 358. The first kappa shape index (κ1) is 10.6. The highest BCUT2D eigenvalue weighted by Crippen LogP contribution is 2.15. The molecule has 0 radical (unpaired) electrons. The number of para-hydroxylation sites is 1. The van der Waals surface area contributed by atoms with Gasteiger partial charge in [-0.05, 0) is 12.1 Å². The van der Waals surface area contributed by atoms with Gasteiger partial charge in [0.2, 0.25) is 5.96 Å². The Labute approximate surface area is 94.8 Å². The highest BCUT2D eigenvalue weighted by Gasteiger charge is 2.18. The van der Waals surface area contributed by atoms with Gasteiger partial charge in [0.15, 0.2) is 0 Å². The van der Waals surface area contributed by atoms with Crippen molar-refractivity contribution < 1.29 is 5.21 Å². The van der Waals surface area contributed by atoms with E-state index in [0.29, 0.717) is 0 Å². The fourth-order valence-electron chi connectivity index (χ4n) is 1.90. The largest absolute Gasteiger partial charge is 0.408 e. The van der Waals surface area contributed by atoms with Crippen LogP contribution >= 0.6 is 0 Å². The highest BCUT2D eigenvalue weighted by atomic mass is 16.4. The Hall–Kier alpha value is -1.91. The van der Waals surface area contributed by atoms with Gasteiger partial charge < -0.3 is 20.7 Å². The second-order valence-corrected chi connectivity index (χ2v) is 3.77. The molecule has 0 saturated carbocycles. The lowest BCUT2D eigenvalue weighted by molar-refractivity contribution is 0.293. The molecule has 0 spiro atoms. The van der Waals surface area contributed by atoms with Crippen LogP contribution in [0.1, 0.15) is 0 Å².